The number of benzene rings is 1. The average molecular weight is 298 g/mol. The molecule has 0 heterocycles. The average Bonchev–Trinajstić information content (AvgIpc) is 2.47. The minimum absolute atomic E-state index is 0.0555. The van der Waals surface area contributed by atoms with Crippen molar-refractivity contribution in [1.29, 1.82) is 0 Å². The molecule has 114 valence electrons. The summed E-state index contributed by atoms with van der Waals surface area (Å²) in [7, 11) is 0. The second-order valence-corrected chi connectivity index (χ2v) is 5.89. The number of aryl methyl sites for hydroxylation is 2. The highest BCUT2D eigenvalue weighted by atomic mass is 16.3. The van der Waals surface area contributed by atoms with E-state index >= 15 is 0 Å². The molecule has 0 aromatic heterocycles. The number of hydrogen-bond acceptors (Lipinski definition) is 4. The summed E-state index contributed by atoms with van der Waals surface area (Å²) in [5, 5.41) is 20.1. The molecular formula is C18H18O4. The molecule has 3 rings (SSSR count). The first-order valence-electron chi connectivity index (χ1n) is 7.58. The van der Waals surface area contributed by atoms with E-state index < -0.39 is 0 Å². The van der Waals surface area contributed by atoms with Crippen LogP contribution < -0.4 is 0 Å². The molecule has 4 heteroatoms. The maximum atomic E-state index is 12.4. The lowest BCUT2D eigenvalue weighted by atomic mass is 9.87. The second-order valence-electron chi connectivity index (χ2n) is 5.89. The molecule has 0 fully saturated rings. The van der Waals surface area contributed by atoms with Crippen molar-refractivity contribution in [1.82, 2.24) is 0 Å². The van der Waals surface area contributed by atoms with Crippen molar-refractivity contribution >= 4 is 11.6 Å². The number of Topliss-reactive ketones (excluding diaryl/α,β-unsaturated/α-hetero) is 1. The maximum absolute atomic E-state index is 12.4. The third-order valence-corrected chi connectivity index (χ3v) is 4.27. The zero-order valence-electron chi connectivity index (χ0n) is 12.3. The summed E-state index contributed by atoms with van der Waals surface area (Å²) >= 11 is 0. The largest absolute Gasteiger partial charge is 0.508 e. The summed E-state index contributed by atoms with van der Waals surface area (Å²) in [6.07, 6.45) is 6.42. The van der Waals surface area contributed by atoms with Crippen molar-refractivity contribution in [3.63, 3.8) is 0 Å². The molecule has 0 unspecified atom stereocenters. The highest BCUT2D eigenvalue weighted by Crippen LogP contribution is 2.32. The zero-order chi connectivity index (χ0) is 15.7. The number of phenols is 2. The van der Waals surface area contributed by atoms with Crippen LogP contribution in [-0.4, -0.2) is 21.8 Å². The van der Waals surface area contributed by atoms with Gasteiger partial charge in [0.1, 0.15) is 11.5 Å². The van der Waals surface area contributed by atoms with Crippen LogP contribution in [0.2, 0.25) is 0 Å². The molecule has 2 aliphatic rings. The third kappa shape index (κ3) is 2.82. The van der Waals surface area contributed by atoms with Crippen LogP contribution in [0, 0.1) is 0 Å². The highest BCUT2D eigenvalue weighted by molar-refractivity contribution is 6.20. The Labute approximate surface area is 128 Å². The van der Waals surface area contributed by atoms with E-state index in [1.807, 2.05) is 0 Å². The van der Waals surface area contributed by atoms with Crippen LogP contribution in [-0.2, 0) is 22.4 Å². The van der Waals surface area contributed by atoms with Gasteiger partial charge in [0.15, 0.2) is 11.6 Å². The molecule has 22 heavy (non-hydrogen) atoms. The summed E-state index contributed by atoms with van der Waals surface area (Å²) < 4.78 is 0. The Balaban J connectivity index is 1.98. The van der Waals surface area contributed by atoms with Crippen LogP contribution in [0.3, 0.4) is 0 Å². The van der Waals surface area contributed by atoms with Crippen molar-refractivity contribution in [2.75, 3.05) is 0 Å². The molecule has 0 amide bonds. The smallest absolute Gasteiger partial charge is 0.185 e. The Hall–Kier alpha value is -2.36. The first kappa shape index (κ1) is 14.6. The van der Waals surface area contributed by atoms with Gasteiger partial charge in [0.2, 0.25) is 0 Å². The first-order chi connectivity index (χ1) is 10.5. The number of carbonyl (C=O) groups is 2. The van der Waals surface area contributed by atoms with Gasteiger partial charge >= 0.3 is 0 Å². The molecule has 4 nitrogen and oxygen atoms in total. The van der Waals surface area contributed by atoms with Gasteiger partial charge in [0.05, 0.1) is 0 Å². The van der Waals surface area contributed by atoms with E-state index in [0.29, 0.717) is 42.4 Å². The fraction of sp³-hybridized carbons (Fsp3) is 0.333. The Bertz CT molecular complexity index is 710. The first-order valence-corrected chi connectivity index (χ1v) is 7.58. The number of phenolic OH excluding ortho intramolecular Hbond substituents is 2. The number of aromatic hydroxyl groups is 2. The quantitative estimate of drug-likeness (QED) is 0.570. The Morgan fingerprint density at radius 2 is 1.36 bits per heavy atom. The molecule has 4 bridgehead atoms. The Kier molecular flexibility index (Phi) is 3.84. The lowest BCUT2D eigenvalue weighted by molar-refractivity contribution is -0.115. The fourth-order valence-corrected chi connectivity index (χ4v) is 3.12. The highest BCUT2D eigenvalue weighted by Gasteiger charge is 2.22. The van der Waals surface area contributed by atoms with Gasteiger partial charge in [-0.2, -0.15) is 0 Å². The van der Waals surface area contributed by atoms with Gasteiger partial charge in [0.25, 0.3) is 0 Å². The molecule has 2 N–H and O–H groups in total. The van der Waals surface area contributed by atoms with Crippen molar-refractivity contribution in [2.45, 2.75) is 38.5 Å². The summed E-state index contributed by atoms with van der Waals surface area (Å²) in [6.45, 7) is 0. The molecule has 0 radical (unpaired) electrons. The van der Waals surface area contributed by atoms with E-state index in [9.17, 15) is 19.8 Å². The van der Waals surface area contributed by atoms with Crippen molar-refractivity contribution in [3.8, 4) is 11.5 Å². The molecule has 0 atom stereocenters. The molecule has 0 aliphatic heterocycles. The SMILES string of the molecule is O=C1C=C2CCCCc3cc(O)cc(c3O)CCC(=C1)C2=O. The van der Waals surface area contributed by atoms with Crippen LogP contribution in [0.1, 0.15) is 36.8 Å². The lowest BCUT2D eigenvalue weighted by Crippen LogP contribution is -2.15. The number of fused-ring (bicyclic) bond motifs is 4. The summed E-state index contributed by atoms with van der Waals surface area (Å²) in [4.78, 5) is 24.1. The Morgan fingerprint density at radius 1 is 0.773 bits per heavy atom. The van der Waals surface area contributed by atoms with Gasteiger partial charge < -0.3 is 10.2 Å². The number of hydrogen-bond donors (Lipinski definition) is 2. The standard InChI is InChI=1S/C18H18O4/c19-15-7-11-3-1-2-4-12-8-16(20)10-14(18(12)22)6-5-13(9-15)17(11)21/h7-10,19,21H,1-6H2. The summed E-state index contributed by atoms with van der Waals surface area (Å²) in [5.41, 5.74) is 2.45. The van der Waals surface area contributed by atoms with E-state index in [2.05, 4.69) is 0 Å². The number of ketones is 2. The summed E-state index contributed by atoms with van der Waals surface area (Å²) in [6, 6.07) is 3.12. The lowest BCUT2D eigenvalue weighted by Gasteiger charge is -2.17. The topological polar surface area (TPSA) is 74.6 Å². The number of rotatable bonds is 0. The van der Waals surface area contributed by atoms with Crippen molar-refractivity contribution in [3.05, 3.63) is 46.6 Å². The minimum Gasteiger partial charge on any atom is -0.508 e. The third-order valence-electron chi connectivity index (χ3n) is 4.27. The van der Waals surface area contributed by atoms with E-state index in [1.54, 1.807) is 6.07 Å². The molecule has 2 aliphatic carbocycles. The van der Waals surface area contributed by atoms with E-state index in [4.69, 9.17) is 0 Å². The molecule has 0 saturated heterocycles. The predicted octanol–water partition coefficient (Wildman–Crippen LogP) is 2.76. The molecule has 0 saturated carbocycles. The van der Waals surface area contributed by atoms with Crippen molar-refractivity contribution < 1.29 is 19.8 Å². The maximum Gasteiger partial charge on any atom is 0.185 e. The van der Waals surface area contributed by atoms with E-state index in [-0.39, 0.29) is 23.1 Å². The van der Waals surface area contributed by atoms with Crippen LogP contribution in [0.5, 0.6) is 11.5 Å². The van der Waals surface area contributed by atoms with E-state index in [0.717, 1.165) is 18.4 Å². The van der Waals surface area contributed by atoms with Gasteiger partial charge in [-0.25, -0.2) is 0 Å². The van der Waals surface area contributed by atoms with Gasteiger partial charge in [-0.1, -0.05) is 0 Å². The van der Waals surface area contributed by atoms with Crippen LogP contribution in [0.15, 0.2) is 35.4 Å². The van der Waals surface area contributed by atoms with Gasteiger partial charge in [-0.15, -0.1) is 0 Å². The molecule has 1 aromatic rings. The van der Waals surface area contributed by atoms with Gasteiger partial charge in [-0.3, -0.25) is 9.59 Å². The normalized spacial score (nSPS) is 18.9. The van der Waals surface area contributed by atoms with Crippen LogP contribution >= 0.6 is 0 Å². The van der Waals surface area contributed by atoms with Crippen LogP contribution in [0.25, 0.3) is 0 Å². The molecule has 0 spiro atoms. The zero-order valence-corrected chi connectivity index (χ0v) is 12.3. The molecule has 1 aromatic carbocycles. The predicted molar refractivity (Wildman–Crippen MR) is 81.8 cm³/mol. The Morgan fingerprint density at radius 3 is 2.09 bits per heavy atom. The second kappa shape index (κ2) is 5.79. The number of allylic oxidation sites excluding steroid dienone is 4. The van der Waals surface area contributed by atoms with E-state index in [1.165, 1.54) is 18.2 Å². The number of carbonyl (C=O) groups excluding carboxylic acids is 2. The van der Waals surface area contributed by atoms with Crippen LogP contribution in [0.4, 0.5) is 0 Å². The minimum atomic E-state index is -0.137. The van der Waals surface area contributed by atoms with Crippen molar-refractivity contribution in [2.24, 2.45) is 0 Å². The van der Waals surface area contributed by atoms with Gasteiger partial charge in [-0.05, 0) is 73.9 Å². The molecular weight excluding hydrogens is 280 g/mol. The monoisotopic (exact) mass is 298 g/mol. The van der Waals surface area contributed by atoms with Gasteiger partial charge in [0, 0.05) is 11.1 Å². The summed E-state index contributed by atoms with van der Waals surface area (Å²) in [5.74, 6) is 0.132. The fourth-order valence-electron chi connectivity index (χ4n) is 3.12.